The normalized spacial score (nSPS) is 25.7. The van der Waals surface area contributed by atoms with Crippen molar-refractivity contribution in [3.8, 4) is 0 Å². The van der Waals surface area contributed by atoms with Crippen LogP contribution in [-0.4, -0.2) is 48.3 Å². The smallest absolute Gasteiger partial charge is 0.153 e. The molecule has 0 aromatic rings. The maximum Gasteiger partial charge on any atom is 0.153 e. The molecule has 2 aliphatic rings. The van der Waals surface area contributed by atoms with Gasteiger partial charge in [-0.1, -0.05) is 45.1 Å². The molecule has 0 amide bonds. The highest BCUT2D eigenvalue weighted by Crippen LogP contribution is 2.29. The van der Waals surface area contributed by atoms with Crippen LogP contribution in [-0.2, 0) is 4.74 Å². The molecule has 29 heavy (non-hydrogen) atoms. The lowest BCUT2D eigenvalue weighted by molar-refractivity contribution is 0.245. The molecular formula is C25H39N3O. The lowest BCUT2D eigenvalue weighted by Crippen LogP contribution is -2.37. The van der Waals surface area contributed by atoms with E-state index in [1.807, 2.05) is 25.4 Å². The van der Waals surface area contributed by atoms with E-state index in [4.69, 9.17) is 4.74 Å². The van der Waals surface area contributed by atoms with Crippen LogP contribution < -0.4 is 0 Å². The Morgan fingerprint density at radius 3 is 2.55 bits per heavy atom. The summed E-state index contributed by atoms with van der Waals surface area (Å²) in [5.41, 5.74) is 2.66. The first-order valence-corrected chi connectivity index (χ1v) is 11.0. The molecule has 0 aromatic carbocycles. The van der Waals surface area contributed by atoms with Gasteiger partial charge in [0, 0.05) is 44.5 Å². The first-order chi connectivity index (χ1) is 14.0. The summed E-state index contributed by atoms with van der Waals surface area (Å²) in [4.78, 5) is 9.35. The summed E-state index contributed by atoms with van der Waals surface area (Å²) in [7, 11) is 0. The molecule has 2 unspecified atom stereocenters. The molecule has 0 bridgehead atoms. The maximum absolute atomic E-state index is 5.59. The zero-order valence-electron chi connectivity index (χ0n) is 19.1. The van der Waals surface area contributed by atoms with Crippen molar-refractivity contribution in [2.75, 3.05) is 26.2 Å². The van der Waals surface area contributed by atoms with Crippen molar-refractivity contribution in [2.24, 2.45) is 16.8 Å². The first kappa shape index (κ1) is 23.1. The lowest BCUT2D eigenvalue weighted by Gasteiger charge is -2.32. The van der Waals surface area contributed by atoms with E-state index in [2.05, 4.69) is 79.9 Å². The first-order valence-electron chi connectivity index (χ1n) is 11.0. The number of ether oxygens (including phenoxy) is 1. The fourth-order valence-corrected chi connectivity index (χ4v) is 3.77. The van der Waals surface area contributed by atoms with Crippen molar-refractivity contribution < 1.29 is 4.74 Å². The topological polar surface area (TPSA) is 31.4 Å². The minimum absolute atomic E-state index is 0.426. The van der Waals surface area contributed by atoms with E-state index in [0.29, 0.717) is 17.9 Å². The zero-order chi connectivity index (χ0) is 21.2. The Kier molecular flexibility index (Phi) is 9.30. The fraction of sp³-hybridized carbons (Fsp3) is 0.560. The molecule has 2 saturated heterocycles. The molecule has 2 atom stereocenters. The highest BCUT2D eigenvalue weighted by atomic mass is 16.6. The van der Waals surface area contributed by atoms with Gasteiger partial charge in [0.1, 0.15) is 6.61 Å². The Morgan fingerprint density at radius 2 is 1.93 bits per heavy atom. The second kappa shape index (κ2) is 11.7. The predicted molar refractivity (Wildman–Crippen MR) is 125 cm³/mol. The highest BCUT2D eigenvalue weighted by molar-refractivity contribution is 5.62. The van der Waals surface area contributed by atoms with Crippen molar-refractivity contribution in [3.63, 3.8) is 0 Å². The Morgan fingerprint density at radius 1 is 1.17 bits per heavy atom. The van der Waals surface area contributed by atoms with Crippen molar-refractivity contribution in [2.45, 2.75) is 54.0 Å². The van der Waals surface area contributed by atoms with Crippen LogP contribution in [0.1, 0.15) is 48.0 Å². The van der Waals surface area contributed by atoms with Gasteiger partial charge in [0.15, 0.2) is 5.76 Å². The summed E-state index contributed by atoms with van der Waals surface area (Å²) < 4.78 is 5.59. The zero-order valence-corrected chi connectivity index (χ0v) is 19.1. The van der Waals surface area contributed by atoms with Gasteiger partial charge in [-0.3, -0.25) is 4.99 Å². The van der Waals surface area contributed by atoms with E-state index in [9.17, 15) is 0 Å². The van der Waals surface area contributed by atoms with E-state index in [1.165, 1.54) is 11.3 Å². The SMILES string of the molecule is C\C=C/C(=C\C=C\N1CC(C)CN(/C(C/C=N\C=C\C)=C2/CO2)C(C)C1)C(C)C. The Hall–Kier alpha value is -2.23. The van der Waals surface area contributed by atoms with Crippen molar-refractivity contribution >= 4 is 6.21 Å². The molecule has 0 spiro atoms. The average molecular weight is 398 g/mol. The number of aliphatic imine (C=N–C) groups is 1. The molecule has 4 nitrogen and oxygen atoms in total. The number of nitrogens with zero attached hydrogens (tertiary/aromatic N) is 3. The van der Waals surface area contributed by atoms with Gasteiger partial charge < -0.3 is 14.5 Å². The van der Waals surface area contributed by atoms with Crippen LogP contribution in [0.5, 0.6) is 0 Å². The van der Waals surface area contributed by atoms with Crippen LogP contribution >= 0.6 is 0 Å². The average Bonchev–Trinajstić information content (AvgIpc) is 3.51. The molecule has 0 aliphatic carbocycles. The molecule has 2 aliphatic heterocycles. The molecular weight excluding hydrogens is 358 g/mol. The van der Waals surface area contributed by atoms with Crippen LogP contribution in [0.15, 0.2) is 64.8 Å². The minimum Gasteiger partial charge on any atom is -0.484 e. The number of hydrogen-bond donors (Lipinski definition) is 0. The van der Waals surface area contributed by atoms with Crippen LogP contribution in [0.4, 0.5) is 0 Å². The molecule has 160 valence electrons. The van der Waals surface area contributed by atoms with Gasteiger partial charge in [0.05, 0.1) is 5.70 Å². The number of rotatable bonds is 8. The summed E-state index contributed by atoms with van der Waals surface area (Å²) in [6.45, 7) is 17.1. The number of hydrogen-bond acceptors (Lipinski definition) is 4. The quantitative estimate of drug-likeness (QED) is 0.306. The number of allylic oxidation sites excluding steroid dienone is 7. The second-order valence-corrected chi connectivity index (χ2v) is 8.40. The van der Waals surface area contributed by atoms with Crippen molar-refractivity contribution in [1.29, 1.82) is 0 Å². The molecule has 0 N–H and O–H groups in total. The van der Waals surface area contributed by atoms with Crippen molar-refractivity contribution in [1.82, 2.24) is 9.80 Å². The molecule has 0 aromatic heterocycles. The molecule has 2 fully saturated rings. The summed E-state index contributed by atoms with van der Waals surface area (Å²) in [5.74, 6) is 2.25. The summed E-state index contributed by atoms with van der Waals surface area (Å²) in [6.07, 6.45) is 17.6. The van der Waals surface area contributed by atoms with Crippen LogP contribution in [0, 0.1) is 11.8 Å². The van der Waals surface area contributed by atoms with Gasteiger partial charge in [0.25, 0.3) is 0 Å². The van der Waals surface area contributed by atoms with E-state index < -0.39 is 0 Å². The van der Waals surface area contributed by atoms with E-state index in [-0.39, 0.29) is 0 Å². The second-order valence-electron chi connectivity index (χ2n) is 8.40. The van der Waals surface area contributed by atoms with Crippen molar-refractivity contribution in [3.05, 3.63) is 59.8 Å². The maximum atomic E-state index is 5.59. The Bertz CT molecular complexity index is 691. The molecule has 2 rings (SSSR count). The van der Waals surface area contributed by atoms with Crippen LogP contribution in [0.2, 0.25) is 0 Å². The third-order valence-corrected chi connectivity index (χ3v) is 5.28. The van der Waals surface area contributed by atoms with E-state index >= 15 is 0 Å². The van der Waals surface area contributed by atoms with E-state index in [0.717, 1.165) is 38.4 Å². The lowest BCUT2D eigenvalue weighted by atomic mass is 10.0. The highest BCUT2D eigenvalue weighted by Gasteiger charge is 2.30. The Balaban J connectivity index is 2.09. The number of epoxide rings is 1. The van der Waals surface area contributed by atoms with Gasteiger partial charge in [-0.05, 0) is 50.5 Å². The third kappa shape index (κ3) is 7.60. The van der Waals surface area contributed by atoms with Gasteiger partial charge in [-0.25, -0.2) is 0 Å². The molecule has 0 saturated carbocycles. The van der Waals surface area contributed by atoms with Crippen LogP contribution in [0.3, 0.4) is 0 Å². The van der Waals surface area contributed by atoms with Gasteiger partial charge in [-0.2, -0.15) is 0 Å². The molecule has 2 heterocycles. The fourth-order valence-electron chi connectivity index (χ4n) is 3.77. The molecule has 4 heteroatoms. The third-order valence-electron chi connectivity index (χ3n) is 5.28. The summed E-state index contributed by atoms with van der Waals surface area (Å²) in [6, 6.07) is 0.426. The van der Waals surface area contributed by atoms with Gasteiger partial charge >= 0.3 is 0 Å². The van der Waals surface area contributed by atoms with Gasteiger partial charge in [0.2, 0.25) is 0 Å². The Labute approximate surface area is 178 Å². The summed E-state index contributed by atoms with van der Waals surface area (Å²) >= 11 is 0. The monoisotopic (exact) mass is 397 g/mol. The van der Waals surface area contributed by atoms with Gasteiger partial charge in [-0.15, -0.1) is 0 Å². The standard InChI is InChI=1S/C25H39N3O/c1-7-10-23(20(3)4)11-9-15-27-16-21(5)17-28(22(6)18-27)24(25-19-29-25)12-14-26-13-8-2/h7-11,13-15,20-22H,12,16-19H2,1-6H3/b10-7-,13-8+,15-9+,23-11+,25-24-,26-14-. The summed E-state index contributed by atoms with van der Waals surface area (Å²) in [5, 5.41) is 0. The molecule has 0 radical (unpaired) electrons. The minimum atomic E-state index is 0.426. The largest absolute Gasteiger partial charge is 0.484 e. The predicted octanol–water partition coefficient (Wildman–Crippen LogP) is 5.54. The van der Waals surface area contributed by atoms with Crippen LogP contribution in [0.25, 0.3) is 0 Å². The van der Waals surface area contributed by atoms with E-state index in [1.54, 1.807) is 0 Å².